The smallest absolute Gasteiger partial charge is 0.247 e. The summed E-state index contributed by atoms with van der Waals surface area (Å²) >= 11 is 0. The van der Waals surface area contributed by atoms with Gasteiger partial charge in [0.2, 0.25) is 0 Å². The van der Waals surface area contributed by atoms with Crippen LogP contribution in [0.1, 0.15) is 198 Å². The Morgan fingerprint density at radius 3 is 1.48 bits per heavy atom. The largest absolute Gasteiger partial charge is 0.258 e. The van der Waals surface area contributed by atoms with E-state index in [4.69, 9.17) is 0 Å². The normalized spacial score (nSPS) is 13.5. The van der Waals surface area contributed by atoms with E-state index < -0.39 is 0 Å². The van der Waals surface area contributed by atoms with E-state index in [1.807, 2.05) is 0 Å². The van der Waals surface area contributed by atoms with Crippen molar-refractivity contribution >= 4 is 0 Å². The number of aromatic nitrogens is 2. The summed E-state index contributed by atoms with van der Waals surface area (Å²) in [4.78, 5) is 3.81. The van der Waals surface area contributed by atoms with Gasteiger partial charge in [0.25, 0.3) is 5.82 Å². The Bertz CT molecular complexity index is 1140. The molecule has 3 rings (SSSR count). The summed E-state index contributed by atoms with van der Waals surface area (Å²) in [7, 11) is 0. The molecule has 2 atom stereocenters. The minimum Gasteiger partial charge on any atom is -0.247 e. The fraction of sp³-hybridized carbons (Fsp3) is 0.674. The molecule has 2 heteroatoms. The monoisotopic (exact) mass is 656 g/mol. The highest BCUT2D eigenvalue weighted by Gasteiger charge is 2.41. The van der Waals surface area contributed by atoms with Crippen LogP contribution in [0.2, 0.25) is 0 Å². The average Bonchev–Trinajstić information content (AvgIpc) is 3.58. The number of hydrogen-bond acceptors (Lipinski definition) is 0. The molecule has 0 aliphatic rings. The first-order valence-corrected chi connectivity index (χ1v) is 20.8. The summed E-state index contributed by atoms with van der Waals surface area (Å²) in [6, 6.07) is 22.7. The van der Waals surface area contributed by atoms with Crippen molar-refractivity contribution in [1.29, 1.82) is 0 Å². The lowest BCUT2D eigenvalue weighted by Crippen LogP contribution is -2.43. The van der Waals surface area contributed by atoms with Crippen LogP contribution in [-0.4, -0.2) is 4.98 Å². The van der Waals surface area contributed by atoms with Crippen LogP contribution < -0.4 is 4.57 Å². The summed E-state index contributed by atoms with van der Waals surface area (Å²) in [6.45, 7) is 8.29. The lowest BCUT2D eigenvalue weighted by Gasteiger charge is -2.37. The maximum atomic E-state index is 3.81. The molecule has 3 aromatic rings. The van der Waals surface area contributed by atoms with E-state index in [0.29, 0.717) is 5.92 Å². The third-order valence-electron chi connectivity index (χ3n) is 11.1. The van der Waals surface area contributed by atoms with Crippen LogP contribution in [0, 0.1) is 0 Å². The van der Waals surface area contributed by atoms with Gasteiger partial charge in [-0.1, -0.05) is 216 Å². The summed E-state index contributed by atoms with van der Waals surface area (Å²) < 4.78 is 2.59. The Balaban J connectivity index is 1.58. The third-order valence-corrected chi connectivity index (χ3v) is 11.1. The van der Waals surface area contributed by atoms with Gasteiger partial charge in [-0.2, -0.15) is 0 Å². The molecule has 0 aliphatic carbocycles. The maximum Gasteiger partial charge on any atom is 0.258 e. The van der Waals surface area contributed by atoms with E-state index in [1.165, 1.54) is 171 Å². The van der Waals surface area contributed by atoms with Crippen LogP contribution >= 0.6 is 0 Å². The van der Waals surface area contributed by atoms with E-state index in [0.717, 1.165) is 13.0 Å². The molecule has 1 N–H and O–H groups in total. The lowest BCUT2D eigenvalue weighted by molar-refractivity contribution is -0.705. The standard InChI is InChI=1S/C46H74N2/c1-4-6-8-10-12-14-15-16-17-18-19-21-23-31-37-44(45-47-38-40-48(45)39-32-24-22-20-13-11-9-7-5-2)46(3,43-35-29-26-30-36-43)41-42-33-27-25-28-34-42/h25-30,33-36,38,40,44H,4-24,31-32,37,39,41H2,1-3H3/p+1. The van der Waals surface area contributed by atoms with Gasteiger partial charge in [-0.25, -0.2) is 9.55 Å². The molecule has 1 aromatic heterocycles. The molecule has 0 fully saturated rings. The Morgan fingerprint density at radius 2 is 0.979 bits per heavy atom. The molecule has 0 saturated heterocycles. The van der Waals surface area contributed by atoms with Crippen molar-refractivity contribution in [2.75, 3.05) is 0 Å². The second-order valence-electron chi connectivity index (χ2n) is 15.3. The van der Waals surface area contributed by atoms with Gasteiger partial charge in [0.15, 0.2) is 0 Å². The van der Waals surface area contributed by atoms with Crippen molar-refractivity contribution in [3.63, 3.8) is 0 Å². The average molecular weight is 656 g/mol. The van der Waals surface area contributed by atoms with Gasteiger partial charge in [0.05, 0.1) is 12.5 Å². The van der Waals surface area contributed by atoms with E-state index in [9.17, 15) is 0 Å². The zero-order valence-corrected chi connectivity index (χ0v) is 31.8. The van der Waals surface area contributed by atoms with Crippen molar-refractivity contribution in [2.45, 2.75) is 199 Å². The van der Waals surface area contributed by atoms with Gasteiger partial charge >= 0.3 is 0 Å². The molecule has 2 nitrogen and oxygen atoms in total. The van der Waals surface area contributed by atoms with Crippen molar-refractivity contribution in [1.82, 2.24) is 4.98 Å². The van der Waals surface area contributed by atoms with E-state index in [-0.39, 0.29) is 5.41 Å². The summed E-state index contributed by atoms with van der Waals surface area (Å²) in [6.07, 6.45) is 39.0. The topological polar surface area (TPSA) is 19.7 Å². The molecule has 2 unspecified atom stereocenters. The van der Waals surface area contributed by atoms with Gasteiger partial charge < -0.3 is 0 Å². The Labute approximate surface area is 297 Å². The number of unbranched alkanes of at least 4 members (excludes halogenated alkanes) is 21. The number of nitrogens with zero attached hydrogens (tertiary/aromatic N) is 1. The number of rotatable bonds is 30. The second kappa shape index (κ2) is 25.6. The lowest BCUT2D eigenvalue weighted by atomic mass is 9.66. The summed E-state index contributed by atoms with van der Waals surface area (Å²) in [5.41, 5.74) is 2.91. The van der Waals surface area contributed by atoms with Crippen LogP contribution in [0.4, 0.5) is 0 Å². The van der Waals surface area contributed by atoms with Crippen LogP contribution in [0.5, 0.6) is 0 Å². The number of benzene rings is 2. The minimum atomic E-state index is 0.00421. The van der Waals surface area contributed by atoms with Crippen LogP contribution in [-0.2, 0) is 18.4 Å². The number of aryl methyl sites for hydroxylation is 1. The van der Waals surface area contributed by atoms with E-state index in [1.54, 1.807) is 0 Å². The van der Waals surface area contributed by atoms with Crippen LogP contribution in [0.3, 0.4) is 0 Å². The Morgan fingerprint density at radius 1 is 0.542 bits per heavy atom. The fourth-order valence-corrected chi connectivity index (χ4v) is 8.03. The van der Waals surface area contributed by atoms with E-state index >= 15 is 0 Å². The molecule has 0 saturated carbocycles. The molecule has 268 valence electrons. The zero-order chi connectivity index (χ0) is 34.0. The van der Waals surface area contributed by atoms with E-state index in [2.05, 4.69) is 103 Å². The highest BCUT2D eigenvalue weighted by atomic mass is 15.1. The SMILES string of the molecule is CCCCCCCCCCCCCCCCC(c1[nH]cc[n+]1CCCCCCCCCCC)C(C)(Cc1ccccc1)c1ccccc1. The van der Waals surface area contributed by atoms with Gasteiger partial charge in [-0.15, -0.1) is 0 Å². The number of nitrogens with one attached hydrogen (secondary N) is 1. The first-order chi connectivity index (χ1) is 23.7. The maximum absolute atomic E-state index is 3.81. The molecule has 2 aromatic carbocycles. The molecule has 0 aliphatic heterocycles. The minimum absolute atomic E-state index is 0.00421. The second-order valence-corrected chi connectivity index (χ2v) is 15.3. The molecule has 48 heavy (non-hydrogen) atoms. The van der Waals surface area contributed by atoms with Gasteiger partial charge in [0.1, 0.15) is 12.4 Å². The van der Waals surface area contributed by atoms with Crippen molar-refractivity contribution in [3.8, 4) is 0 Å². The van der Waals surface area contributed by atoms with Crippen molar-refractivity contribution in [3.05, 3.63) is 90.0 Å². The highest BCUT2D eigenvalue weighted by molar-refractivity contribution is 5.32. The predicted octanol–water partition coefficient (Wildman–Crippen LogP) is 14.0. The number of hydrogen-bond donors (Lipinski definition) is 1. The molecule has 0 radical (unpaired) electrons. The first kappa shape index (κ1) is 40.1. The third kappa shape index (κ3) is 15.5. The fourth-order valence-electron chi connectivity index (χ4n) is 8.03. The van der Waals surface area contributed by atoms with Gasteiger partial charge in [0, 0.05) is 5.41 Å². The molecule has 0 bridgehead atoms. The Hall–Kier alpha value is -2.35. The van der Waals surface area contributed by atoms with Crippen LogP contribution in [0.15, 0.2) is 73.1 Å². The molecular weight excluding hydrogens is 581 g/mol. The number of H-pyrrole nitrogens is 1. The molecule has 0 spiro atoms. The predicted molar refractivity (Wildman–Crippen MR) is 210 cm³/mol. The van der Waals surface area contributed by atoms with Gasteiger partial charge in [-0.05, 0) is 36.8 Å². The highest BCUT2D eigenvalue weighted by Crippen LogP contribution is 2.43. The number of aromatic amines is 1. The summed E-state index contributed by atoms with van der Waals surface area (Å²) in [5, 5.41) is 0. The first-order valence-electron chi connectivity index (χ1n) is 20.8. The van der Waals surface area contributed by atoms with Crippen molar-refractivity contribution < 1.29 is 4.57 Å². The Kier molecular flexibility index (Phi) is 21.4. The van der Waals surface area contributed by atoms with Crippen LogP contribution in [0.25, 0.3) is 0 Å². The molecular formula is C46H75N2+. The van der Waals surface area contributed by atoms with Crippen molar-refractivity contribution in [2.24, 2.45) is 0 Å². The van der Waals surface area contributed by atoms with Gasteiger partial charge in [-0.3, -0.25) is 0 Å². The molecule has 1 heterocycles. The number of imidazole rings is 1. The quantitative estimate of drug-likeness (QED) is 0.0545. The molecule has 0 amide bonds. The summed E-state index contributed by atoms with van der Waals surface area (Å²) in [5.74, 6) is 1.87. The zero-order valence-electron chi connectivity index (χ0n) is 31.8.